The largest absolute Gasteiger partial charge is 0.481 e. The van der Waals surface area contributed by atoms with Crippen LogP contribution in [0.3, 0.4) is 0 Å². The molecule has 0 radical (unpaired) electrons. The SMILES string of the molecule is Cc1ccc(NS(=O)(=O)N2CCCC(C(=O)O)C2)c(Br)c1. The van der Waals surface area contributed by atoms with Gasteiger partial charge in [-0.2, -0.15) is 12.7 Å². The Labute approximate surface area is 132 Å². The molecular weight excluding hydrogens is 360 g/mol. The van der Waals surface area contributed by atoms with E-state index in [1.54, 1.807) is 12.1 Å². The fraction of sp³-hybridized carbons (Fsp3) is 0.462. The van der Waals surface area contributed by atoms with Crippen molar-refractivity contribution in [3.05, 3.63) is 28.2 Å². The van der Waals surface area contributed by atoms with Crippen LogP contribution in [0.25, 0.3) is 0 Å². The fourth-order valence-corrected chi connectivity index (χ4v) is 4.32. The van der Waals surface area contributed by atoms with E-state index in [1.165, 1.54) is 4.31 Å². The highest BCUT2D eigenvalue weighted by Gasteiger charge is 2.32. The highest BCUT2D eigenvalue weighted by atomic mass is 79.9. The summed E-state index contributed by atoms with van der Waals surface area (Å²) in [5, 5.41) is 9.04. The van der Waals surface area contributed by atoms with Gasteiger partial charge < -0.3 is 5.11 Å². The number of anilines is 1. The van der Waals surface area contributed by atoms with Crippen molar-refractivity contribution in [2.45, 2.75) is 19.8 Å². The third kappa shape index (κ3) is 3.96. The lowest BCUT2D eigenvalue weighted by atomic mass is 10.0. The number of piperidine rings is 1. The Morgan fingerprint density at radius 3 is 2.81 bits per heavy atom. The molecule has 1 aromatic carbocycles. The van der Waals surface area contributed by atoms with Gasteiger partial charge >= 0.3 is 16.2 Å². The van der Waals surface area contributed by atoms with E-state index in [9.17, 15) is 13.2 Å². The molecule has 116 valence electrons. The minimum absolute atomic E-state index is 0.00808. The Balaban J connectivity index is 2.16. The molecule has 0 spiro atoms. The summed E-state index contributed by atoms with van der Waals surface area (Å²) in [7, 11) is -3.75. The van der Waals surface area contributed by atoms with Crippen LogP contribution in [0.5, 0.6) is 0 Å². The molecule has 0 amide bonds. The van der Waals surface area contributed by atoms with Crippen LogP contribution in [0, 0.1) is 12.8 Å². The molecular formula is C13H17BrN2O4S. The number of rotatable bonds is 4. The van der Waals surface area contributed by atoms with Gasteiger partial charge in [-0.1, -0.05) is 6.07 Å². The molecule has 0 aromatic heterocycles. The number of carboxylic acid groups (broad SMARTS) is 1. The number of nitrogens with one attached hydrogen (secondary N) is 1. The number of carboxylic acids is 1. The van der Waals surface area contributed by atoms with Crippen LogP contribution in [0.4, 0.5) is 5.69 Å². The molecule has 1 aliphatic heterocycles. The maximum atomic E-state index is 12.4. The Bertz CT molecular complexity index is 648. The molecule has 0 saturated carbocycles. The average molecular weight is 377 g/mol. The average Bonchev–Trinajstić information content (AvgIpc) is 2.42. The van der Waals surface area contributed by atoms with E-state index in [2.05, 4.69) is 20.7 Å². The highest BCUT2D eigenvalue weighted by molar-refractivity contribution is 9.10. The quantitative estimate of drug-likeness (QED) is 0.843. The van der Waals surface area contributed by atoms with Gasteiger partial charge in [0.05, 0.1) is 11.6 Å². The number of carbonyl (C=O) groups is 1. The molecule has 0 aliphatic carbocycles. The zero-order valence-corrected chi connectivity index (χ0v) is 13.9. The number of aryl methyl sites for hydroxylation is 1. The molecule has 8 heteroatoms. The minimum Gasteiger partial charge on any atom is -0.481 e. The summed E-state index contributed by atoms with van der Waals surface area (Å²) in [5.74, 6) is -1.59. The number of hydrogen-bond acceptors (Lipinski definition) is 3. The van der Waals surface area contributed by atoms with Gasteiger partial charge in [-0.15, -0.1) is 0 Å². The van der Waals surface area contributed by atoms with Gasteiger partial charge in [0.25, 0.3) is 0 Å². The molecule has 1 aliphatic rings. The smallest absolute Gasteiger partial charge is 0.307 e. The summed E-state index contributed by atoms with van der Waals surface area (Å²) in [6, 6.07) is 5.29. The molecule has 1 unspecified atom stereocenters. The molecule has 1 atom stereocenters. The third-order valence-corrected chi connectivity index (χ3v) is 5.58. The van der Waals surface area contributed by atoms with Crippen LogP contribution in [-0.2, 0) is 15.0 Å². The van der Waals surface area contributed by atoms with Crippen molar-refractivity contribution >= 4 is 37.8 Å². The van der Waals surface area contributed by atoms with Crippen molar-refractivity contribution in [1.82, 2.24) is 4.31 Å². The summed E-state index contributed by atoms with van der Waals surface area (Å²) < 4.78 is 29.1. The van der Waals surface area contributed by atoms with E-state index in [0.29, 0.717) is 29.5 Å². The van der Waals surface area contributed by atoms with Gasteiger partial charge in [-0.05, 0) is 53.4 Å². The van der Waals surface area contributed by atoms with Crippen LogP contribution in [-0.4, -0.2) is 36.9 Å². The molecule has 2 rings (SSSR count). The lowest BCUT2D eigenvalue weighted by Gasteiger charge is -2.30. The van der Waals surface area contributed by atoms with Crippen LogP contribution < -0.4 is 4.72 Å². The van der Waals surface area contributed by atoms with Crippen molar-refractivity contribution in [2.75, 3.05) is 17.8 Å². The topological polar surface area (TPSA) is 86.7 Å². The Morgan fingerprint density at radius 2 is 2.19 bits per heavy atom. The molecule has 1 fully saturated rings. The van der Waals surface area contributed by atoms with Gasteiger partial charge in [0.15, 0.2) is 0 Å². The standard InChI is InChI=1S/C13H17BrN2O4S/c1-9-4-5-12(11(14)7-9)15-21(19,20)16-6-2-3-10(8-16)13(17)18/h4-5,7,10,15H,2-3,6,8H2,1H3,(H,17,18). The van der Waals surface area contributed by atoms with E-state index >= 15 is 0 Å². The second-order valence-electron chi connectivity index (χ2n) is 5.13. The fourth-order valence-electron chi connectivity index (χ4n) is 2.27. The maximum absolute atomic E-state index is 12.4. The summed E-state index contributed by atoms with van der Waals surface area (Å²) in [6.07, 6.45) is 1.06. The number of hydrogen-bond donors (Lipinski definition) is 2. The van der Waals surface area contributed by atoms with Crippen molar-refractivity contribution in [3.63, 3.8) is 0 Å². The van der Waals surface area contributed by atoms with Crippen LogP contribution in [0.1, 0.15) is 18.4 Å². The first-order valence-corrected chi connectivity index (χ1v) is 8.80. The zero-order chi connectivity index (χ0) is 15.6. The van der Waals surface area contributed by atoms with Crippen molar-refractivity contribution in [1.29, 1.82) is 0 Å². The second kappa shape index (κ2) is 6.33. The van der Waals surface area contributed by atoms with Crippen molar-refractivity contribution in [3.8, 4) is 0 Å². The Hall–Kier alpha value is -1.12. The molecule has 1 aromatic rings. The van der Waals surface area contributed by atoms with E-state index in [-0.39, 0.29) is 6.54 Å². The van der Waals surface area contributed by atoms with E-state index in [4.69, 9.17) is 5.11 Å². The molecule has 1 saturated heterocycles. The first-order chi connectivity index (χ1) is 9.79. The van der Waals surface area contributed by atoms with E-state index in [0.717, 1.165) is 5.56 Å². The van der Waals surface area contributed by atoms with Gasteiger partial charge in [-0.25, -0.2) is 0 Å². The van der Waals surface area contributed by atoms with E-state index < -0.39 is 22.1 Å². The number of benzene rings is 1. The summed E-state index contributed by atoms with van der Waals surface area (Å²) in [4.78, 5) is 11.0. The molecule has 2 N–H and O–H groups in total. The number of aliphatic carboxylic acids is 1. The predicted octanol–water partition coefficient (Wildman–Crippen LogP) is 2.21. The third-order valence-electron chi connectivity index (χ3n) is 3.44. The first kappa shape index (κ1) is 16.3. The van der Waals surface area contributed by atoms with Gasteiger partial charge in [0, 0.05) is 17.6 Å². The van der Waals surface area contributed by atoms with Crippen LogP contribution in [0.15, 0.2) is 22.7 Å². The van der Waals surface area contributed by atoms with Crippen LogP contribution in [0.2, 0.25) is 0 Å². The lowest BCUT2D eigenvalue weighted by Crippen LogP contribution is -2.44. The van der Waals surface area contributed by atoms with Crippen LogP contribution >= 0.6 is 15.9 Å². The number of halogens is 1. The normalized spacial score (nSPS) is 20.2. The zero-order valence-electron chi connectivity index (χ0n) is 11.5. The number of nitrogens with zero attached hydrogens (tertiary/aromatic N) is 1. The summed E-state index contributed by atoms with van der Waals surface area (Å²) in [5.41, 5.74) is 1.45. The van der Waals surface area contributed by atoms with Crippen molar-refractivity contribution in [2.24, 2.45) is 5.92 Å². The van der Waals surface area contributed by atoms with E-state index in [1.807, 2.05) is 13.0 Å². The molecule has 21 heavy (non-hydrogen) atoms. The van der Waals surface area contributed by atoms with Gasteiger partial charge in [-0.3, -0.25) is 9.52 Å². The monoisotopic (exact) mass is 376 g/mol. The minimum atomic E-state index is -3.75. The van der Waals surface area contributed by atoms with Gasteiger partial charge in [0.1, 0.15) is 0 Å². The lowest BCUT2D eigenvalue weighted by molar-refractivity contribution is -0.142. The second-order valence-corrected chi connectivity index (χ2v) is 7.65. The summed E-state index contributed by atoms with van der Waals surface area (Å²) >= 11 is 3.32. The Morgan fingerprint density at radius 1 is 1.48 bits per heavy atom. The summed E-state index contributed by atoms with van der Waals surface area (Å²) in [6.45, 7) is 2.25. The molecule has 6 nitrogen and oxygen atoms in total. The van der Waals surface area contributed by atoms with Crippen molar-refractivity contribution < 1.29 is 18.3 Å². The first-order valence-electron chi connectivity index (χ1n) is 6.56. The Kier molecular flexibility index (Phi) is 4.90. The predicted molar refractivity (Wildman–Crippen MR) is 83.4 cm³/mol. The highest BCUT2D eigenvalue weighted by Crippen LogP contribution is 2.26. The maximum Gasteiger partial charge on any atom is 0.307 e. The molecule has 1 heterocycles. The molecule has 0 bridgehead atoms. The van der Waals surface area contributed by atoms with Gasteiger partial charge in [0.2, 0.25) is 0 Å².